The molecule has 0 aliphatic carbocycles. The molecule has 1 aromatic heterocycles. The highest BCUT2D eigenvalue weighted by atomic mass is 15.1. The van der Waals surface area contributed by atoms with E-state index < -0.39 is 0 Å². The maximum Gasteiger partial charge on any atom is 0.0271 e. The van der Waals surface area contributed by atoms with Gasteiger partial charge in [0.2, 0.25) is 0 Å². The predicted molar refractivity (Wildman–Crippen MR) is 72.9 cm³/mol. The van der Waals surface area contributed by atoms with Gasteiger partial charge in [0.1, 0.15) is 0 Å². The van der Waals surface area contributed by atoms with E-state index in [-0.39, 0.29) is 0 Å². The van der Waals surface area contributed by atoms with E-state index in [2.05, 4.69) is 48.2 Å². The fourth-order valence-electron chi connectivity index (χ4n) is 2.04. The van der Waals surface area contributed by atoms with E-state index in [9.17, 15) is 0 Å². The van der Waals surface area contributed by atoms with Crippen molar-refractivity contribution >= 4 is 0 Å². The molecule has 0 saturated heterocycles. The number of nitrogens with one attached hydrogen (secondary N) is 1. The van der Waals surface area contributed by atoms with Crippen molar-refractivity contribution in [1.29, 1.82) is 0 Å². The Morgan fingerprint density at radius 3 is 2.53 bits per heavy atom. The SMILES string of the molecule is CCCC(CN(CC)Cc1ccncc1)NC. The molecule has 0 bridgehead atoms. The Bertz CT molecular complexity index is 287. The van der Waals surface area contributed by atoms with Crippen LogP contribution < -0.4 is 5.32 Å². The second-order valence-corrected chi connectivity index (χ2v) is 4.46. The highest BCUT2D eigenvalue weighted by Crippen LogP contribution is 2.06. The van der Waals surface area contributed by atoms with E-state index in [4.69, 9.17) is 0 Å². The van der Waals surface area contributed by atoms with E-state index >= 15 is 0 Å². The molecule has 0 saturated carbocycles. The Morgan fingerprint density at radius 2 is 2.00 bits per heavy atom. The molecular weight excluding hydrogens is 210 g/mol. The van der Waals surface area contributed by atoms with Crippen LogP contribution in [0.5, 0.6) is 0 Å². The summed E-state index contributed by atoms with van der Waals surface area (Å²) in [4.78, 5) is 6.53. The lowest BCUT2D eigenvalue weighted by molar-refractivity contribution is 0.243. The van der Waals surface area contributed by atoms with E-state index in [0.29, 0.717) is 6.04 Å². The van der Waals surface area contributed by atoms with Crippen molar-refractivity contribution < 1.29 is 0 Å². The van der Waals surface area contributed by atoms with E-state index in [1.807, 2.05) is 12.4 Å². The first kappa shape index (κ1) is 14.1. The Balaban J connectivity index is 2.48. The van der Waals surface area contributed by atoms with Crippen LogP contribution in [-0.2, 0) is 6.54 Å². The summed E-state index contributed by atoms with van der Waals surface area (Å²) in [5.41, 5.74) is 1.34. The quantitative estimate of drug-likeness (QED) is 0.749. The van der Waals surface area contributed by atoms with Gasteiger partial charge in [-0.3, -0.25) is 9.88 Å². The van der Waals surface area contributed by atoms with Gasteiger partial charge in [-0.15, -0.1) is 0 Å². The van der Waals surface area contributed by atoms with Crippen molar-refractivity contribution in [3.05, 3.63) is 30.1 Å². The van der Waals surface area contributed by atoms with Crippen molar-refractivity contribution in [2.24, 2.45) is 0 Å². The lowest BCUT2D eigenvalue weighted by Gasteiger charge is -2.26. The van der Waals surface area contributed by atoms with Crippen LogP contribution in [0, 0.1) is 0 Å². The van der Waals surface area contributed by atoms with Crippen molar-refractivity contribution in [1.82, 2.24) is 15.2 Å². The van der Waals surface area contributed by atoms with Gasteiger partial charge in [-0.25, -0.2) is 0 Å². The molecule has 1 atom stereocenters. The minimum atomic E-state index is 0.599. The van der Waals surface area contributed by atoms with Crippen molar-refractivity contribution in [3.8, 4) is 0 Å². The fourth-order valence-corrected chi connectivity index (χ4v) is 2.04. The lowest BCUT2D eigenvalue weighted by atomic mass is 10.1. The number of hydrogen-bond acceptors (Lipinski definition) is 3. The largest absolute Gasteiger partial charge is 0.316 e. The molecule has 96 valence electrons. The monoisotopic (exact) mass is 235 g/mol. The van der Waals surface area contributed by atoms with Gasteiger partial charge in [0, 0.05) is 31.5 Å². The first-order valence-corrected chi connectivity index (χ1v) is 6.58. The molecular formula is C14H25N3. The fraction of sp³-hybridized carbons (Fsp3) is 0.643. The van der Waals surface area contributed by atoms with Gasteiger partial charge in [0.05, 0.1) is 0 Å². The molecule has 0 aromatic carbocycles. The molecule has 0 aliphatic rings. The van der Waals surface area contributed by atoms with Crippen molar-refractivity contribution in [2.45, 2.75) is 39.3 Å². The number of pyridine rings is 1. The van der Waals surface area contributed by atoms with Crippen LogP contribution in [0.15, 0.2) is 24.5 Å². The highest BCUT2D eigenvalue weighted by molar-refractivity contribution is 5.09. The van der Waals surface area contributed by atoms with Gasteiger partial charge in [0.25, 0.3) is 0 Å². The molecule has 0 amide bonds. The van der Waals surface area contributed by atoms with Crippen molar-refractivity contribution in [2.75, 3.05) is 20.1 Å². The molecule has 1 aromatic rings. The Labute approximate surface area is 105 Å². The van der Waals surface area contributed by atoms with Crippen LogP contribution >= 0.6 is 0 Å². The summed E-state index contributed by atoms with van der Waals surface area (Å²) in [7, 11) is 2.06. The average Bonchev–Trinajstić information content (AvgIpc) is 2.38. The molecule has 1 unspecified atom stereocenters. The number of nitrogens with zero attached hydrogens (tertiary/aromatic N) is 2. The molecule has 0 aliphatic heterocycles. The standard InChI is InChI=1S/C14H25N3/c1-4-6-14(15-3)12-17(5-2)11-13-7-9-16-10-8-13/h7-10,14-15H,4-6,11-12H2,1-3H3. The minimum absolute atomic E-state index is 0.599. The second kappa shape index (κ2) is 8.20. The molecule has 0 fully saturated rings. The zero-order valence-electron chi connectivity index (χ0n) is 11.3. The summed E-state index contributed by atoms with van der Waals surface area (Å²) in [6, 6.07) is 4.79. The van der Waals surface area contributed by atoms with E-state index in [1.54, 1.807) is 0 Å². The van der Waals surface area contributed by atoms with E-state index in [1.165, 1.54) is 18.4 Å². The zero-order valence-corrected chi connectivity index (χ0v) is 11.3. The van der Waals surface area contributed by atoms with Gasteiger partial charge in [-0.2, -0.15) is 0 Å². The predicted octanol–water partition coefficient (Wildman–Crippen LogP) is 2.29. The van der Waals surface area contributed by atoms with Crippen LogP contribution in [-0.4, -0.2) is 36.1 Å². The maximum atomic E-state index is 4.05. The molecule has 1 rings (SSSR count). The third-order valence-corrected chi connectivity index (χ3v) is 3.13. The third kappa shape index (κ3) is 5.29. The third-order valence-electron chi connectivity index (χ3n) is 3.13. The maximum absolute atomic E-state index is 4.05. The van der Waals surface area contributed by atoms with E-state index in [0.717, 1.165) is 19.6 Å². The Kier molecular flexibility index (Phi) is 6.82. The first-order chi connectivity index (χ1) is 8.30. The first-order valence-electron chi connectivity index (χ1n) is 6.58. The highest BCUT2D eigenvalue weighted by Gasteiger charge is 2.10. The van der Waals surface area contributed by atoms with Gasteiger partial charge < -0.3 is 5.32 Å². The van der Waals surface area contributed by atoms with Gasteiger partial charge in [-0.05, 0) is 37.7 Å². The van der Waals surface area contributed by atoms with Gasteiger partial charge >= 0.3 is 0 Å². The molecule has 3 heteroatoms. The van der Waals surface area contributed by atoms with Crippen LogP contribution in [0.25, 0.3) is 0 Å². The molecule has 1 N–H and O–H groups in total. The Hall–Kier alpha value is -0.930. The van der Waals surface area contributed by atoms with Gasteiger partial charge in [-0.1, -0.05) is 20.3 Å². The molecule has 3 nitrogen and oxygen atoms in total. The van der Waals surface area contributed by atoms with Crippen molar-refractivity contribution in [3.63, 3.8) is 0 Å². The number of likely N-dealkylation sites (N-methyl/N-ethyl adjacent to an activating group) is 2. The summed E-state index contributed by atoms with van der Waals surface area (Å²) >= 11 is 0. The van der Waals surface area contributed by atoms with Crippen LogP contribution in [0.4, 0.5) is 0 Å². The van der Waals surface area contributed by atoms with Crippen LogP contribution in [0.2, 0.25) is 0 Å². The molecule has 0 spiro atoms. The summed E-state index contributed by atoms with van der Waals surface area (Å²) in [5.74, 6) is 0. The summed E-state index contributed by atoms with van der Waals surface area (Å²) in [5, 5.41) is 3.40. The summed E-state index contributed by atoms with van der Waals surface area (Å²) in [6.07, 6.45) is 6.21. The molecule has 17 heavy (non-hydrogen) atoms. The molecule has 1 heterocycles. The normalized spacial score (nSPS) is 12.9. The van der Waals surface area contributed by atoms with Crippen LogP contribution in [0.3, 0.4) is 0 Å². The number of hydrogen-bond donors (Lipinski definition) is 1. The summed E-state index contributed by atoms with van der Waals surface area (Å²) in [6.45, 7) is 7.68. The number of rotatable bonds is 8. The number of aromatic nitrogens is 1. The average molecular weight is 235 g/mol. The minimum Gasteiger partial charge on any atom is -0.316 e. The van der Waals surface area contributed by atoms with Gasteiger partial charge in [0.15, 0.2) is 0 Å². The summed E-state index contributed by atoms with van der Waals surface area (Å²) < 4.78 is 0. The zero-order chi connectivity index (χ0) is 12.5. The lowest BCUT2D eigenvalue weighted by Crippen LogP contribution is -2.39. The van der Waals surface area contributed by atoms with Crippen LogP contribution in [0.1, 0.15) is 32.3 Å². The molecule has 0 radical (unpaired) electrons. The topological polar surface area (TPSA) is 28.2 Å². The Morgan fingerprint density at radius 1 is 1.29 bits per heavy atom. The second-order valence-electron chi connectivity index (χ2n) is 4.46. The smallest absolute Gasteiger partial charge is 0.0271 e.